The van der Waals surface area contributed by atoms with Crippen LogP contribution in [0.25, 0.3) is 0 Å². The van der Waals surface area contributed by atoms with Gasteiger partial charge < -0.3 is 14.7 Å². The molecule has 0 bridgehead atoms. The number of aromatic nitrogens is 4. The number of amides is 2. The van der Waals surface area contributed by atoms with Crippen molar-refractivity contribution in [1.82, 2.24) is 30.1 Å². The second-order valence-corrected chi connectivity index (χ2v) is 6.50. The second kappa shape index (κ2) is 7.02. The van der Waals surface area contributed by atoms with Gasteiger partial charge in [-0.05, 0) is 24.8 Å². The molecule has 1 N–H and O–H groups in total. The van der Waals surface area contributed by atoms with Gasteiger partial charge in [0.25, 0.3) is 0 Å². The number of carbonyl (C=O) groups is 1. The van der Waals surface area contributed by atoms with Crippen molar-refractivity contribution in [2.75, 3.05) is 13.1 Å². The van der Waals surface area contributed by atoms with Crippen molar-refractivity contribution in [3.8, 4) is 0 Å². The number of nitrogens with one attached hydrogen (secondary N) is 1. The molecule has 0 radical (unpaired) electrons. The van der Waals surface area contributed by atoms with Gasteiger partial charge in [0.15, 0.2) is 5.82 Å². The van der Waals surface area contributed by atoms with Crippen molar-refractivity contribution in [2.24, 2.45) is 7.05 Å². The Morgan fingerprint density at radius 3 is 3.00 bits per heavy atom. The van der Waals surface area contributed by atoms with Gasteiger partial charge in [0.05, 0.1) is 6.20 Å². The van der Waals surface area contributed by atoms with E-state index in [2.05, 4.69) is 20.6 Å². The van der Waals surface area contributed by atoms with Gasteiger partial charge in [-0.3, -0.25) is 4.68 Å². The minimum atomic E-state index is -0.122. The lowest BCUT2D eigenvalue weighted by Crippen LogP contribution is -2.40. The maximum Gasteiger partial charge on any atom is 0.318 e. The van der Waals surface area contributed by atoms with Crippen LogP contribution in [-0.4, -0.2) is 43.9 Å². The van der Waals surface area contributed by atoms with Crippen molar-refractivity contribution >= 4 is 6.03 Å². The molecular weight excluding hydrogens is 308 g/mol. The molecule has 2 aromatic rings. The van der Waals surface area contributed by atoms with E-state index in [0.29, 0.717) is 24.8 Å². The Bertz CT molecular complexity index is 692. The smallest absolute Gasteiger partial charge is 0.318 e. The lowest BCUT2D eigenvalue weighted by Gasteiger charge is -2.22. The van der Waals surface area contributed by atoms with Crippen molar-refractivity contribution in [2.45, 2.75) is 45.1 Å². The molecule has 0 aliphatic carbocycles. The van der Waals surface area contributed by atoms with Crippen molar-refractivity contribution in [1.29, 1.82) is 0 Å². The molecule has 3 heterocycles. The minimum Gasteiger partial charge on any atom is -0.338 e. The molecule has 8 nitrogen and oxygen atoms in total. The Morgan fingerprint density at radius 2 is 2.33 bits per heavy atom. The van der Waals surface area contributed by atoms with Gasteiger partial charge in [0.2, 0.25) is 5.89 Å². The third-order valence-electron chi connectivity index (χ3n) is 4.22. The van der Waals surface area contributed by atoms with E-state index in [1.807, 2.05) is 33.3 Å². The first-order valence-electron chi connectivity index (χ1n) is 8.40. The van der Waals surface area contributed by atoms with Crippen LogP contribution in [-0.2, 0) is 13.5 Å². The number of hydrogen-bond donors (Lipinski definition) is 1. The van der Waals surface area contributed by atoms with Crippen LogP contribution >= 0.6 is 0 Å². The van der Waals surface area contributed by atoms with Gasteiger partial charge in [-0.1, -0.05) is 19.0 Å². The highest BCUT2D eigenvalue weighted by molar-refractivity contribution is 5.74. The molecule has 130 valence electrons. The highest BCUT2D eigenvalue weighted by Gasteiger charge is 2.34. The molecule has 1 atom stereocenters. The Balaban J connectivity index is 1.56. The van der Waals surface area contributed by atoms with Crippen LogP contribution in [0.5, 0.6) is 0 Å². The summed E-state index contributed by atoms with van der Waals surface area (Å²) in [6.07, 6.45) is 6.33. The maximum absolute atomic E-state index is 12.5. The number of likely N-dealkylation sites (tertiary alicyclic amines) is 1. The summed E-state index contributed by atoms with van der Waals surface area (Å²) < 4.78 is 7.13. The summed E-state index contributed by atoms with van der Waals surface area (Å²) in [7, 11) is 1.88. The molecule has 8 heteroatoms. The molecule has 1 fully saturated rings. The molecule has 1 saturated heterocycles. The molecule has 1 aliphatic rings. The van der Waals surface area contributed by atoms with E-state index < -0.39 is 0 Å². The van der Waals surface area contributed by atoms with Crippen LogP contribution in [0.1, 0.15) is 55.9 Å². The molecule has 0 unspecified atom stereocenters. The van der Waals surface area contributed by atoms with E-state index in [0.717, 1.165) is 24.8 Å². The Hall–Kier alpha value is -2.38. The van der Waals surface area contributed by atoms with E-state index in [9.17, 15) is 4.79 Å². The topological polar surface area (TPSA) is 89.1 Å². The van der Waals surface area contributed by atoms with Gasteiger partial charge in [-0.15, -0.1) is 0 Å². The summed E-state index contributed by atoms with van der Waals surface area (Å²) in [4.78, 5) is 18.7. The summed E-state index contributed by atoms with van der Waals surface area (Å²) in [5.41, 5.74) is 1.11. The van der Waals surface area contributed by atoms with Crippen molar-refractivity contribution < 1.29 is 9.32 Å². The van der Waals surface area contributed by atoms with Crippen LogP contribution in [0.4, 0.5) is 4.79 Å². The number of rotatable bonds is 5. The fourth-order valence-electron chi connectivity index (χ4n) is 2.90. The SMILES string of the molecule is CC(C)c1noc([C@@H]2CCCN2C(=O)NCCc2cnn(C)c2)n1. The third kappa shape index (κ3) is 3.58. The standard InChI is InChI=1S/C16H24N6O2/c1-11(2)14-19-15(24-20-14)13-5-4-8-22(13)16(23)17-7-6-12-9-18-21(3)10-12/h9-11,13H,4-8H2,1-3H3,(H,17,23)/t13-/m0/s1. The van der Waals surface area contributed by atoms with Crippen LogP contribution in [0.2, 0.25) is 0 Å². The average molecular weight is 332 g/mol. The van der Waals surface area contributed by atoms with E-state index >= 15 is 0 Å². The highest BCUT2D eigenvalue weighted by atomic mass is 16.5. The number of hydrogen-bond acceptors (Lipinski definition) is 5. The zero-order chi connectivity index (χ0) is 17.1. The van der Waals surface area contributed by atoms with Crippen molar-refractivity contribution in [3.63, 3.8) is 0 Å². The Kier molecular flexibility index (Phi) is 4.82. The first-order chi connectivity index (χ1) is 11.5. The number of urea groups is 1. The molecule has 1 aliphatic heterocycles. The number of aryl methyl sites for hydroxylation is 1. The monoisotopic (exact) mass is 332 g/mol. The first-order valence-corrected chi connectivity index (χ1v) is 8.40. The minimum absolute atomic E-state index is 0.0781. The average Bonchev–Trinajstić information content (AvgIpc) is 3.26. The number of nitrogens with zero attached hydrogens (tertiary/aromatic N) is 5. The summed E-state index contributed by atoms with van der Waals surface area (Å²) in [6.45, 7) is 5.33. The van der Waals surface area contributed by atoms with Crippen LogP contribution < -0.4 is 5.32 Å². The Labute approximate surface area is 141 Å². The summed E-state index contributed by atoms with van der Waals surface area (Å²) in [5.74, 6) is 1.44. The fraction of sp³-hybridized carbons (Fsp3) is 0.625. The molecule has 24 heavy (non-hydrogen) atoms. The van der Waals surface area contributed by atoms with Gasteiger partial charge >= 0.3 is 6.03 Å². The predicted molar refractivity (Wildman–Crippen MR) is 87.4 cm³/mol. The molecule has 3 rings (SSSR count). The summed E-state index contributed by atoms with van der Waals surface area (Å²) >= 11 is 0. The van der Waals surface area contributed by atoms with Crippen molar-refractivity contribution in [3.05, 3.63) is 29.7 Å². The zero-order valence-electron chi connectivity index (χ0n) is 14.4. The highest BCUT2D eigenvalue weighted by Crippen LogP contribution is 2.31. The predicted octanol–water partition coefficient (Wildman–Crippen LogP) is 2.02. The molecule has 0 spiro atoms. The van der Waals surface area contributed by atoms with Crippen LogP contribution in [0, 0.1) is 0 Å². The lowest BCUT2D eigenvalue weighted by atomic mass is 10.2. The van der Waals surface area contributed by atoms with E-state index in [1.165, 1.54) is 0 Å². The molecular formula is C16H24N6O2. The Morgan fingerprint density at radius 1 is 1.50 bits per heavy atom. The van der Waals surface area contributed by atoms with E-state index in [-0.39, 0.29) is 18.0 Å². The van der Waals surface area contributed by atoms with Gasteiger partial charge in [-0.25, -0.2) is 4.79 Å². The van der Waals surface area contributed by atoms with Gasteiger partial charge in [0.1, 0.15) is 6.04 Å². The second-order valence-electron chi connectivity index (χ2n) is 6.50. The van der Waals surface area contributed by atoms with Crippen LogP contribution in [0.3, 0.4) is 0 Å². The fourth-order valence-corrected chi connectivity index (χ4v) is 2.90. The molecule has 0 aromatic carbocycles. The summed E-state index contributed by atoms with van der Waals surface area (Å²) in [5, 5.41) is 11.1. The van der Waals surface area contributed by atoms with Crippen LogP contribution in [0.15, 0.2) is 16.9 Å². The lowest BCUT2D eigenvalue weighted by molar-refractivity contribution is 0.180. The number of carbonyl (C=O) groups excluding carboxylic acids is 1. The molecule has 0 saturated carbocycles. The summed E-state index contributed by atoms with van der Waals surface area (Å²) in [6, 6.07) is -0.200. The third-order valence-corrected chi connectivity index (χ3v) is 4.22. The van der Waals surface area contributed by atoms with E-state index in [4.69, 9.17) is 4.52 Å². The molecule has 2 amide bonds. The van der Waals surface area contributed by atoms with Gasteiger partial charge in [0, 0.05) is 32.3 Å². The quantitative estimate of drug-likeness (QED) is 0.905. The first kappa shape index (κ1) is 16.5. The zero-order valence-corrected chi connectivity index (χ0v) is 14.4. The largest absolute Gasteiger partial charge is 0.338 e. The van der Waals surface area contributed by atoms with E-state index in [1.54, 1.807) is 9.58 Å². The van der Waals surface area contributed by atoms with Gasteiger partial charge in [-0.2, -0.15) is 10.1 Å². The maximum atomic E-state index is 12.5. The molecule has 2 aromatic heterocycles. The normalized spacial score (nSPS) is 17.7.